The number of nitrogens with one attached hydrogen (secondary N) is 2. The van der Waals surface area contributed by atoms with Gasteiger partial charge in [-0.15, -0.1) is 0 Å². The number of nitrogens with zero attached hydrogens (tertiary/aromatic N) is 2. The number of benzene rings is 1. The maximum Gasteiger partial charge on any atom is 0.350 e. The summed E-state index contributed by atoms with van der Waals surface area (Å²) in [4.78, 5) is 32.5. The third-order valence-corrected chi connectivity index (χ3v) is 4.98. The molecule has 0 radical (unpaired) electrons. The van der Waals surface area contributed by atoms with Crippen molar-refractivity contribution in [2.24, 2.45) is 5.10 Å². The van der Waals surface area contributed by atoms with Crippen molar-refractivity contribution >= 4 is 12.1 Å². The van der Waals surface area contributed by atoms with Crippen LogP contribution in [0.2, 0.25) is 0 Å². The molecule has 146 valence electrons. The fourth-order valence-corrected chi connectivity index (χ4v) is 3.46. The molecule has 2 aliphatic rings. The first-order valence-electron chi connectivity index (χ1n) is 9.57. The van der Waals surface area contributed by atoms with Crippen LogP contribution < -0.4 is 16.3 Å². The number of nitrogens with two attached hydrogens (primary N) is 1. The lowest BCUT2D eigenvalue weighted by Gasteiger charge is -2.19. The number of allylic oxidation sites excluding steroid dienone is 4. The standard InChI is InChI=1S/C22H21N5O2/c28-21(17-14-23-20(26-22(17)29)18-12-7-13-24-27-18)25-19(15-8-3-1-4-9-15)16-10-5-2-6-11-16/h1-5,7-10,12-14,18-19,27H,6,11H2,(H,25,28)(H,23,26,29)/p+1. The molecular weight excluding hydrogens is 366 g/mol. The van der Waals surface area contributed by atoms with E-state index < -0.39 is 5.56 Å². The van der Waals surface area contributed by atoms with Crippen molar-refractivity contribution in [1.29, 1.82) is 0 Å². The number of hydrazone groups is 1. The van der Waals surface area contributed by atoms with E-state index in [0.717, 1.165) is 24.0 Å². The lowest BCUT2D eigenvalue weighted by molar-refractivity contribution is -0.592. The second kappa shape index (κ2) is 8.62. The molecule has 1 aliphatic carbocycles. The van der Waals surface area contributed by atoms with Gasteiger partial charge in [-0.3, -0.25) is 15.5 Å². The molecule has 4 N–H and O–H groups in total. The van der Waals surface area contributed by atoms with E-state index >= 15 is 0 Å². The molecule has 0 spiro atoms. The summed E-state index contributed by atoms with van der Waals surface area (Å²) in [5.74, 6) is 0.0826. The predicted molar refractivity (Wildman–Crippen MR) is 110 cm³/mol. The predicted octanol–water partition coefficient (Wildman–Crippen LogP) is 1.68. The highest BCUT2D eigenvalue weighted by molar-refractivity contribution is 5.85. The minimum atomic E-state index is -0.453. The average molecular weight is 388 g/mol. The van der Waals surface area contributed by atoms with E-state index in [-0.39, 0.29) is 23.6 Å². The van der Waals surface area contributed by atoms with Crippen LogP contribution in [0.15, 0.2) is 82.4 Å². The summed E-state index contributed by atoms with van der Waals surface area (Å²) in [5.41, 5.74) is 4.61. The molecule has 1 aliphatic heterocycles. The second-order valence-corrected chi connectivity index (χ2v) is 6.91. The number of H-pyrrole nitrogens is 1. The maximum atomic E-state index is 13.0. The van der Waals surface area contributed by atoms with Crippen molar-refractivity contribution in [3.63, 3.8) is 0 Å². The number of aromatic nitrogens is 2. The quantitative estimate of drug-likeness (QED) is 0.725. The van der Waals surface area contributed by atoms with Gasteiger partial charge in [0, 0.05) is 11.8 Å². The Bertz CT molecular complexity index is 1070. The molecule has 0 fully saturated rings. The molecule has 0 saturated carbocycles. The average Bonchev–Trinajstić information content (AvgIpc) is 2.79. The molecule has 0 bridgehead atoms. The van der Waals surface area contributed by atoms with Gasteiger partial charge < -0.3 is 4.98 Å². The Balaban J connectivity index is 1.58. The molecule has 1 aromatic carbocycles. The lowest BCUT2D eigenvalue weighted by Crippen LogP contribution is -2.89. The van der Waals surface area contributed by atoms with Crippen LogP contribution >= 0.6 is 0 Å². The molecule has 7 nitrogen and oxygen atoms in total. The first-order valence-corrected chi connectivity index (χ1v) is 9.57. The number of carbonyl (C=O) groups is 1. The van der Waals surface area contributed by atoms with Crippen molar-refractivity contribution in [1.82, 2.24) is 15.4 Å². The summed E-state index contributed by atoms with van der Waals surface area (Å²) in [6.45, 7) is 0. The molecule has 4 rings (SSSR count). The Kier molecular flexibility index (Phi) is 5.58. The van der Waals surface area contributed by atoms with Crippen LogP contribution in [0.5, 0.6) is 0 Å². The topological polar surface area (TPSA) is 104 Å². The van der Waals surface area contributed by atoms with Gasteiger partial charge in [0.2, 0.25) is 0 Å². The van der Waals surface area contributed by atoms with E-state index in [4.69, 9.17) is 0 Å². The van der Waals surface area contributed by atoms with Crippen LogP contribution in [-0.4, -0.2) is 22.1 Å². The number of carbonyl (C=O) groups excluding carboxylic acids is 1. The summed E-state index contributed by atoms with van der Waals surface area (Å²) in [6, 6.07) is 9.36. The van der Waals surface area contributed by atoms with Gasteiger partial charge in [0.05, 0.1) is 6.20 Å². The van der Waals surface area contributed by atoms with E-state index in [2.05, 4.69) is 32.6 Å². The normalized spacial score (nSPS) is 18.8. The van der Waals surface area contributed by atoms with Gasteiger partial charge in [-0.05, 0) is 24.5 Å². The summed E-state index contributed by atoms with van der Waals surface area (Å²) in [6.07, 6.45) is 14.6. The van der Waals surface area contributed by atoms with Gasteiger partial charge >= 0.3 is 5.91 Å². The highest BCUT2D eigenvalue weighted by atomic mass is 16.2. The van der Waals surface area contributed by atoms with E-state index in [1.54, 1.807) is 17.6 Å². The number of amides is 1. The molecule has 2 heterocycles. The Morgan fingerprint density at radius 3 is 2.76 bits per heavy atom. The van der Waals surface area contributed by atoms with Crippen molar-refractivity contribution in [3.05, 3.63) is 99.8 Å². The van der Waals surface area contributed by atoms with Crippen LogP contribution in [0.1, 0.15) is 46.7 Å². The summed E-state index contributed by atoms with van der Waals surface area (Å²) < 4.78 is 0. The SMILES string of the molecule is O=C([NH2+]C(C1=CC=CCC1)c1ccccc1)c1cnc(C2C=CC=NN2)[nH]c1=O. The third-order valence-electron chi connectivity index (χ3n) is 4.98. The Morgan fingerprint density at radius 2 is 2.07 bits per heavy atom. The second-order valence-electron chi connectivity index (χ2n) is 6.91. The molecule has 1 amide bonds. The lowest BCUT2D eigenvalue weighted by atomic mass is 9.92. The van der Waals surface area contributed by atoms with E-state index in [0.29, 0.717) is 5.82 Å². The van der Waals surface area contributed by atoms with Crippen molar-refractivity contribution < 1.29 is 10.1 Å². The summed E-state index contributed by atoms with van der Waals surface area (Å²) in [5, 5.41) is 5.56. The summed E-state index contributed by atoms with van der Waals surface area (Å²) in [7, 11) is 0. The maximum absolute atomic E-state index is 13.0. The third kappa shape index (κ3) is 4.30. The van der Waals surface area contributed by atoms with E-state index in [1.807, 2.05) is 42.5 Å². The highest BCUT2D eigenvalue weighted by Gasteiger charge is 2.27. The zero-order valence-electron chi connectivity index (χ0n) is 15.8. The Morgan fingerprint density at radius 1 is 1.21 bits per heavy atom. The largest absolute Gasteiger partial charge is 0.350 e. The molecule has 1 aromatic heterocycles. The molecule has 2 aromatic rings. The fraction of sp³-hybridized carbons (Fsp3) is 0.182. The number of aromatic amines is 1. The van der Waals surface area contributed by atoms with Gasteiger partial charge in [0.15, 0.2) is 5.56 Å². The zero-order valence-corrected chi connectivity index (χ0v) is 15.8. The van der Waals surface area contributed by atoms with Crippen LogP contribution in [0, 0.1) is 0 Å². The number of primary amides is 1. The number of hydrogen-bond acceptors (Lipinski definition) is 5. The first-order chi connectivity index (χ1) is 14.2. The van der Waals surface area contributed by atoms with Crippen molar-refractivity contribution in [3.8, 4) is 0 Å². The van der Waals surface area contributed by atoms with Crippen molar-refractivity contribution in [2.45, 2.75) is 24.9 Å². The fourth-order valence-electron chi connectivity index (χ4n) is 3.46. The Hall–Kier alpha value is -3.58. The van der Waals surface area contributed by atoms with Crippen LogP contribution in [0.25, 0.3) is 0 Å². The number of quaternary nitrogens is 1. The highest BCUT2D eigenvalue weighted by Crippen LogP contribution is 2.24. The van der Waals surface area contributed by atoms with Crippen LogP contribution in [-0.2, 0) is 0 Å². The molecular formula is C22H22N5O2+. The van der Waals surface area contributed by atoms with E-state index in [9.17, 15) is 9.59 Å². The molecule has 2 unspecified atom stereocenters. The minimum Gasteiger partial charge on any atom is -0.308 e. The minimum absolute atomic E-state index is 0.0323. The van der Waals surface area contributed by atoms with Gasteiger partial charge in [0.1, 0.15) is 17.9 Å². The van der Waals surface area contributed by atoms with E-state index in [1.165, 1.54) is 6.20 Å². The zero-order chi connectivity index (χ0) is 20.1. The molecule has 7 heteroatoms. The number of rotatable bonds is 5. The monoisotopic (exact) mass is 388 g/mol. The van der Waals surface area contributed by atoms with Gasteiger partial charge in [-0.2, -0.15) is 5.10 Å². The Labute approximate surface area is 168 Å². The first kappa shape index (κ1) is 18.8. The van der Waals surface area contributed by atoms with Crippen LogP contribution in [0.3, 0.4) is 0 Å². The molecule has 29 heavy (non-hydrogen) atoms. The van der Waals surface area contributed by atoms with Crippen molar-refractivity contribution in [2.75, 3.05) is 0 Å². The molecule has 2 atom stereocenters. The number of hydrogen-bond donors (Lipinski definition) is 3. The van der Waals surface area contributed by atoms with Gasteiger partial charge in [0.25, 0.3) is 5.56 Å². The van der Waals surface area contributed by atoms with Gasteiger partial charge in [-0.25, -0.2) is 9.78 Å². The molecule has 0 saturated heterocycles. The smallest absolute Gasteiger partial charge is 0.308 e. The summed E-state index contributed by atoms with van der Waals surface area (Å²) >= 11 is 0. The van der Waals surface area contributed by atoms with Crippen LogP contribution in [0.4, 0.5) is 0 Å². The van der Waals surface area contributed by atoms with Gasteiger partial charge in [-0.1, -0.05) is 54.6 Å².